The maximum absolute atomic E-state index is 11.4. The lowest BCUT2D eigenvalue weighted by Crippen LogP contribution is -2.35. The maximum Gasteiger partial charge on any atom is 0.212 e. The van der Waals surface area contributed by atoms with Crippen LogP contribution in [0.3, 0.4) is 0 Å². The number of hydrogen-bond acceptors (Lipinski definition) is 4. The first-order valence-electron chi connectivity index (χ1n) is 5.20. The Bertz CT molecular complexity index is 307. The van der Waals surface area contributed by atoms with Crippen LogP contribution in [-0.4, -0.2) is 44.8 Å². The third kappa shape index (κ3) is 10.3. The molecule has 16 heavy (non-hydrogen) atoms. The molecule has 4 nitrogen and oxygen atoms in total. The van der Waals surface area contributed by atoms with E-state index in [4.69, 9.17) is 6.42 Å². The van der Waals surface area contributed by atoms with Crippen LogP contribution < -0.4 is 10.0 Å². The van der Waals surface area contributed by atoms with Gasteiger partial charge in [-0.05, 0) is 0 Å². The number of hydrogen-bond donors (Lipinski definition) is 2. The minimum atomic E-state index is -3.14. The lowest BCUT2D eigenvalue weighted by atomic mass is 10.4. The monoisotopic (exact) mass is 264 g/mol. The smallest absolute Gasteiger partial charge is 0.212 e. The molecule has 6 heteroatoms. The first-order valence-corrected chi connectivity index (χ1v) is 8.00. The van der Waals surface area contributed by atoms with E-state index in [1.165, 1.54) is 0 Å². The average molecular weight is 264 g/mol. The van der Waals surface area contributed by atoms with Gasteiger partial charge in [0.05, 0.1) is 11.5 Å². The molecule has 0 heterocycles. The standard InChI is InChI=1S/C10H20N2O2S2/c1-4-7-15-8-5-12-16(13,14)9-6-11-10(2)3/h1,10-12H,5-9H2,2-3H3. The van der Waals surface area contributed by atoms with Gasteiger partial charge in [-0.1, -0.05) is 19.8 Å². The van der Waals surface area contributed by atoms with Crippen LogP contribution in [0.5, 0.6) is 0 Å². The van der Waals surface area contributed by atoms with Gasteiger partial charge in [0, 0.05) is 24.9 Å². The first-order chi connectivity index (χ1) is 7.48. The molecule has 0 spiro atoms. The van der Waals surface area contributed by atoms with Gasteiger partial charge in [0.2, 0.25) is 10.0 Å². The van der Waals surface area contributed by atoms with E-state index in [9.17, 15) is 8.42 Å². The lowest BCUT2D eigenvalue weighted by molar-refractivity contribution is 0.569. The van der Waals surface area contributed by atoms with Crippen molar-refractivity contribution >= 4 is 21.8 Å². The van der Waals surface area contributed by atoms with E-state index >= 15 is 0 Å². The zero-order valence-electron chi connectivity index (χ0n) is 9.82. The molecule has 0 aliphatic carbocycles. The fourth-order valence-electron chi connectivity index (χ4n) is 0.955. The van der Waals surface area contributed by atoms with Crippen LogP contribution in [0.1, 0.15) is 13.8 Å². The minimum absolute atomic E-state index is 0.116. The van der Waals surface area contributed by atoms with Crippen LogP contribution >= 0.6 is 11.8 Å². The maximum atomic E-state index is 11.4. The average Bonchev–Trinajstić information content (AvgIpc) is 2.16. The zero-order valence-corrected chi connectivity index (χ0v) is 11.5. The van der Waals surface area contributed by atoms with E-state index in [-0.39, 0.29) is 5.75 Å². The van der Waals surface area contributed by atoms with Gasteiger partial charge in [0.15, 0.2) is 0 Å². The van der Waals surface area contributed by atoms with E-state index in [1.807, 2.05) is 13.8 Å². The van der Waals surface area contributed by atoms with Crippen LogP contribution in [0.25, 0.3) is 0 Å². The number of sulfonamides is 1. The molecule has 0 aromatic rings. The van der Waals surface area contributed by atoms with E-state index in [2.05, 4.69) is 16.0 Å². The molecule has 0 aromatic heterocycles. The van der Waals surface area contributed by atoms with Gasteiger partial charge in [-0.15, -0.1) is 18.2 Å². The number of rotatable bonds is 9. The molecule has 94 valence electrons. The Labute approximate surface area is 103 Å². The molecular weight excluding hydrogens is 244 g/mol. The lowest BCUT2D eigenvalue weighted by Gasteiger charge is -2.09. The number of thioether (sulfide) groups is 1. The Kier molecular flexibility index (Phi) is 8.76. The van der Waals surface area contributed by atoms with Crippen molar-refractivity contribution in [2.75, 3.05) is 30.3 Å². The predicted molar refractivity (Wildman–Crippen MR) is 71.1 cm³/mol. The van der Waals surface area contributed by atoms with Crippen LogP contribution in [0.15, 0.2) is 0 Å². The summed E-state index contributed by atoms with van der Waals surface area (Å²) in [5, 5.41) is 3.06. The highest BCUT2D eigenvalue weighted by Crippen LogP contribution is 1.96. The summed E-state index contributed by atoms with van der Waals surface area (Å²) in [6, 6.07) is 0.307. The second-order valence-corrected chi connectivity index (χ2v) is 6.61. The molecule has 0 saturated heterocycles. The van der Waals surface area contributed by atoms with Crippen LogP contribution in [0, 0.1) is 12.3 Å². The molecule has 0 aliphatic rings. The zero-order chi connectivity index (χ0) is 12.4. The molecule has 0 aliphatic heterocycles. The Morgan fingerprint density at radius 1 is 1.38 bits per heavy atom. The van der Waals surface area contributed by atoms with E-state index < -0.39 is 10.0 Å². The summed E-state index contributed by atoms with van der Waals surface area (Å²) < 4.78 is 25.4. The Balaban J connectivity index is 3.59. The van der Waals surface area contributed by atoms with Crippen molar-refractivity contribution in [1.82, 2.24) is 10.0 Å². The fraction of sp³-hybridized carbons (Fsp3) is 0.800. The molecule has 0 unspecified atom stereocenters. The molecular formula is C10H20N2O2S2. The van der Waals surface area contributed by atoms with Crippen LogP contribution in [-0.2, 0) is 10.0 Å². The van der Waals surface area contributed by atoms with Crippen molar-refractivity contribution in [3.63, 3.8) is 0 Å². The summed E-state index contributed by atoms with van der Waals surface area (Å²) in [6.07, 6.45) is 5.07. The molecule has 0 rings (SSSR count). The quantitative estimate of drug-likeness (QED) is 0.464. The Morgan fingerprint density at radius 2 is 2.06 bits per heavy atom. The van der Waals surface area contributed by atoms with Gasteiger partial charge < -0.3 is 5.32 Å². The van der Waals surface area contributed by atoms with Crippen molar-refractivity contribution in [3.05, 3.63) is 0 Å². The fourth-order valence-corrected chi connectivity index (χ4v) is 2.54. The van der Waals surface area contributed by atoms with Crippen LogP contribution in [0.4, 0.5) is 0 Å². The van der Waals surface area contributed by atoms with Gasteiger partial charge in [-0.2, -0.15) is 0 Å². The summed E-state index contributed by atoms with van der Waals surface area (Å²) in [5.74, 6) is 3.93. The molecule has 2 N–H and O–H groups in total. The topological polar surface area (TPSA) is 58.2 Å². The highest BCUT2D eigenvalue weighted by molar-refractivity contribution is 7.99. The highest BCUT2D eigenvalue weighted by Gasteiger charge is 2.08. The molecule has 0 bridgehead atoms. The second-order valence-electron chi connectivity index (χ2n) is 3.58. The summed E-state index contributed by atoms with van der Waals surface area (Å²) >= 11 is 1.54. The van der Waals surface area contributed by atoms with Crippen molar-refractivity contribution in [2.24, 2.45) is 0 Å². The molecule has 0 saturated carbocycles. The summed E-state index contributed by atoms with van der Waals surface area (Å²) in [7, 11) is -3.14. The normalized spacial score (nSPS) is 11.6. The number of terminal acetylenes is 1. The molecule has 0 amide bonds. The van der Waals surface area contributed by atoms with Crippen molar-refractivity contribution < 1.29 is 8.42 Å². The summed E-state index contributed by atoms with van der Waals surface area (Å²) in [5.41, 5.74) is 0. The van der Waals surface area contributed by atoms with Crippen molar-refractivity contribution in [3.8, 4) is 12.3 Å². The largest absolute Gasteiger partial charge is 0.313 e. The van der Waals surface area contributed by atoms with Gasteiger partial charge in [-0.25, -0.2) is 13.1 Å². The molecule has 0 radical (unpaired) electrons. The third-order valence-corrected chi connectivity index (χ3v) is 3.93. The second kappa shape index (κ2) is 8.88. The van der Waals surface area contributed by atoms with Crippen molar-refractivity contribution in [1.29, 1.82) is 0 Å². The third-order valence-electron chi connectivity index (χ3n) is 1.68. The molecule has 0 fully saturated rings. The SMILES string of the molecule is C#CCSCCNS(=O)(=O)CCNC(C)C. The van der Waals surface area contributed by atoms with E-state index in [0.717, 1.165) is 0 Å². The van der Waals surface area contributed by atoms with Crippen molar-refractivity contribution in [2.45, 2.75) is 19.9 Å². The van der Waals surface area contributed by atoms with Gasteiger partial charge >= 0.3 is 0 Å². The highest BCUT2D eigenvalue weighted by atomic mass is 32.2. The Hall–Kier alpha value is -0.220. The van der Waals surface area contributed by atoms with Gasteiger partial charge in [-0.3, -0.25) is 0 Å². The predicted octanol–water partition coefficient (Wildman–Crippen LogP) is 0.270. The van der Waals surface area contributed by atoms with E-state index in [0.29, 0.717) is 30.6 Å². The van der Waals surface area contributed by atoms with E-state index in [1.54, 1.807) is 11.8 Å². The molecule has 0 atom stereocenters. The van der Waals surface area contributed by atoms with Gasteiger partial charge in [0.25, 0.3) is 0 Å². The minimum Gasteiger partial charge on any atom is -0.313 e. The number of nitrogens with one attached hydrogen (secondary N) is 2. The Morgan fingerprint density at radius 3 is 2.62 bits per heavy atom. The first kappa shape index (κ1) is 15.8. The van der Waals surface area contributed by atoms with Crippen LogP contribution in [0.2, 0.25) is 0 Å². The molecule has 0 aromatic carbocycles. The summed E-state index contributed by atoms with van der Waals surface area (Å²) in [6.45, 7) is 4.88. The van der Waals surface area contributed by atoms with Gasteiger partial charge in [0.1, 0.15) is 0 Å². The summed E-state index contributed by atoms with van der Waals surface area (Å²) in [4.78, 5) is 0.